The van der Waals surface area contributed by atoms with Crippen molar-refractivity contribution in [1.29, 1.82) is 0 Å². The van der Waals surface area contributed by atoms with Gasteiger partial charge in [0.05, 0.1) is 16.1 Å². The molecule has 1 saturated heterocycles. The molecule has 1 aromatic heterocycles. The molecule has 2 heterocycles. The summed E-state index contributed by atoms with van der Waals surface area (Å²) in [4.78, 5) is 39.7. The van der Waals surface area contributed by atoms with Crippen LogP contribution in [0.25, 0.3) is 10.1 Å². The van der Waals surface area contributed by atoms with E-state index < -0.39 is 22.0 Å². The Labute approximate surface area is 230 Å². The number of hydrogen-bond donors (Lipinski definition) is 3. The highest BCUT2D eigenvalue weighted by Gasteiger charge is 2.29. The first-order valence-electron chi connectivity index (χ1n) is 12.8. The molecule has 1 atom stereocenters. The third-order valence-electron chi connectivity index (χ3n) is 7.15. The van der Waals surface area contributed by atoms with Gasteiger partial charge < -0.3 is 20.7 Å². The fourth-order valence-corrected chi connectivity index (χ4v) is 5.64. The van der Waals surface area contributed by atoms with Crippen LogP contribution in [0.3, 0.4) is 0 Å². The summed E-state index contributed by atoms with van der Waals surface area (Å²) in [6.07, 6.45) is 6.74. The van der Waals surface area contributed by atoms with Crippen LogP contribution < -0.4 is 20.7 Å². The zero-order valence-electron chi connectivity index (χ0n) is 22.7. The summed E-state index contributed by atoms with van der Waals surface area (Å²) in [6, 6.07) is 14.2. The third-order valence-corrected chi connectivity index (χ3v) is 12.3. The van der Waals surface area contributed by atoms with Gasteiger partial charge in [0.2, 0.25) is 5.91 Å². The molecule has 0 radical (unpaired) electrons. The molecular formula is C29H37N3O4S2. The number of rotatable bonds is 7. The van der Waals surface area contributed by atoms with Crippen LogP contribution in [0.15, 0.2) is 48.5 Å². The summed E-state index contributed by atoms with van der Waals surface area (Å²) in [7, 11) is -1.09. The first kappa shape index (κ1) is 28.0. The Kier molecular flexibility index (Phi) is 8.37. The lowest BCUT2D eigenvalue weighted by molar-refractivity contribution is -0.122. The van der Waals surface area contributed by atoms with Gasteiger partial charge in [0, 0.05) is 11.2 Å². The lowest BCUT2D eigenvalue weighted by Gasteiger charge is -2.43. The Morgan fingerprint density at radius 1 is 1.08 bits per heavy atom. The number of carbonyl (C=O) groups excluding carboxylic acids is 3. The van der Waals surface area contributed by atoms with Crippen molar-refractivity contribution in [2.24, 2.45) is 0 Å². The summed E-state index contributed by atoms with van der Waals surface area (Å²) in [5.74, 6) is 0.182. The number of fused-ring (bicyclic) bond motifs is 1. The van der Waals surface area contributed by atoms with Crippen LogP contribution >= 0.6 is 21.4 Å². The number of nitrogens with one attached hydrogen (secondary N) is 3. The molecule has 0 spiro atoms. The van der Waals surface area contributed by atoms with Crippen LogP contribution in [0.5, 0.6) is 5.75 Å². The predicted octanol–water partition coefficient (Wildman–Crippen LogP) is 5.75. The molecule has 1 aliphatic heterocycles. The van der Waals surface area contributed by atoms with E-state index in [1.165, 1.54) is 11.3 Å². The molecular weight excluding hydrogens is 518 g/mol. The molecule has 0 bridgehead atoms. The van der Waals surface area contributed by atoms with Crippen molar-refractivity contribution in [2.45, 2.75) is 50.8 Å². The molecule has 1 aliphatic rings. The highest BCUT2D eigenvalue weighted by Crippen LogP contribution is 2.52. The Morgan fingerprint density at radius 3 is 2.58 bits per heavy atom. The molecule has 3 aromatic rings. The van der Waals surface area contributed by atoms with Gasteiger partial charge in [0.1, 0.15) is 17.7 Å². The molecule has 1 unspecified atom stereocenters. The third kappa shape index (κ3) is 6.50. The topological polar surface area (TPSA) is 96.5 Å². The first-order chi connectivity index (χ1) is 17.9. The molecule has 1 fully saturated rings. The van der Waals surface area contributed by atoms with Gasteiger partial charge in [-0.25, -0.2) is 10.0 Å². The molecule has 0 aliphatic carbocycles. The first-order valence-corrected chi connectivity index (χ1v) is 16.2. The Hall–Kier alpha value is -3.04. The number of benzene rings is 2. The normalized spacial score (nSPS) is 16.9. The fourth-order valence-electron chi connectivity index (χ4n) is 3.89. The number of carbonyl (C=O) groups is 3. The molecule has 2 aromatic carbocycles. The Morgan fingerprint density at radius 2 is 1.84 bits per heavy atom. The summed E-state index contributed by atoms with van der Waals surface area (Å²) < 4.78 is 7.28. The SMILES string of the molecule is CC(C)(C)S(C)(C)COc1ccc(NC(=O)c2cc3ccccc3s2)c(C(=O)NC2CCCCNC2=O)c1. The minimum Gasteiger partial charge on any atom is -0.484 e. The van der Waals surface area contributed by atoms with Gasteiger partial charge in [-0.05, 0) is 72.2 Å². The molecule has 3 amide bonds. The van der Waals surface area contributed by atoms with Crippen molar-refractivity contribution in [1.82, 2.24) is 10.6 Å². The van der Waals surface area contributed by atoms with Crippen molar-refractivity contribution < 1.29 is 19.1 Å². The summed E-state index contributed by atoms with van der Waals surface area (Å²) >= 11 is 1.40. The van der Waals surface area contributed by atoms with Crippen molar-refractivity contribution in [3.63, 3.8) is 0 Å². The maximum absolute atomic E-state index is 13.5. The summed E-state index contributed by atoms with van der Waals surface area (Å²) in [6.45, 7) is 7.22. The molecule has 9 heteroatoms. The van der Waals surface area contributed by atoms with Crippen LogP contribution in [-0.2, 0) is 4.79 Å². The maximum atomic E-state index is 13.5. The molecule has 0 saturated carbocycles. The van der Waals surface area contributed by atoms with E-state index in [2.05, 4.69) is 49.2 Å². The molecule has 204 valence electrons. The van der Waals surface area contributed by atoms with Gasteiger partial charge in [-0.2, -0.15) is 0 Å². The van der Waals surface area contributed by atoms with Gasteiger partial charge in [-0.15, -0.1) is 11.3 Å². The van der Waals surface area contributed by atoms with Crippen LogP contribution in [0, 0.1) is 0 Å². The Bertz CT molecular complexity index is 1310. The number of thiophene rings is 1. The smallest absolute Gasteiger partial charge is 0.265 e. The minimum atomic E-state index is -1.09. The van der Waals surface area contributed by atoms with Gasteiger partial charge in [0.15, 0.2) is 0 Å². The fraction of sp³-hybridized carbons (Fsp3) is 0.414. The quantitative estimate of drug-likeness (QED) is 0.346. The average Bonchev–Trinajstić information content (AvgIpc) is 3.21. The summed E-state index contributed by atoms with van der Waals surface area (Å²) in [5.41, 5.74) is 0.631. The minimum absolute atomic E-state index is 0.0955. The van der Waals surface area contributed by atoms with E-state index in [1.54, 1.807) is 18.2 Å². The predicted molar refractivity (Wildman–Crippen MR) is 159 cm³/mol. The van der Waals surface area contributed by atoms with Gasteiger partial charge >= 0.3 is 0 Å². The lowest BCUT2D eigenvalue weighted by Crippen LogP contribution is -2.45. The summed E-state index contributed by atoms with van der Waals surface area (Å²) in [5, 5.41) is 9.63. The monoisotopic (exact) mass is 555 g/mol. The van der Waals surface area contributed by atoms with Crippen molar-refractivity contribution in [2.75, 3.05) is 30.3 Å². The number of hydrogen-bond acceptors (Lipinski definition) is 5. The molecule has 3 N–H and O–H groups in total. The van der Waals surface area contributed by atoms with E-state index in [4.69, 9.17) is 4.74 Å². The number of amides is 3. The zero-order chi connectivity index (χ0) is 27.5. The van der Waals surface area contributed by atoms with Crippen molar-refractivity contribution in [3.8, 4) is 5.75 Å². The lowest BCUT2D eigenvalue weighted by atomic mass is 10.1. The van der Waals surface area contributed by atoms with Gasteiger partial charge in [-0.3, -0.25) is 14.4 Å². The van der Waals surface area contributed by atoms with E-state index in [0.717, 1.165) is 22.9 Å². The maximum Gasteiger partial charge on any atom is 0.265 e. The Balaban J connectivity index is 1.60. The van der Waals surface area contributed by atoms with Gasteiger partial charge in [-0.1, -0.05) is 39.0 Å². The molecule has 7 nitrogen and oxygen atoms in total. The molecule has 4 rings (SSSR count). The van der Waals surface area contributed by atoms with Crippen LogP contribution in [-0.4, -0.2) is 53.5 Å². The second kappa shape index (κ2) is 11.4. The number of anilines is 1. The highest BCUT2D eigenvalue weighted by atomic mass is 32.3. The second-order valence-corrected chi connectivity index (χ2v) is 16.7. The second-order valence-electron chi connectivity index (χ2n) is 11.0. The average molecular weight is 556 g/mol. The van der Waals surface area contributed by atoms with Crippen molar-refractivity contribution >= 4 is 54.9 Å². The van der Waals surface area contributed by atoms with Gasteiger partial charge in [0.25, 0.3) is 11.8 Å². The van der Waals surface area contributed by atoms with Crippen molar-refractivity contribution in [3.05, 3.63) is 59.0 Å². The van der Waals surface area contributed by atoms with Crippen LogP contribution in [0.2, 0.25) is 0 Å². The van der Waals surface area contributed by atoms with E-state index >= 15 is 0 Å². The largest absolute Gasteiger partial charge is 0.484 e. The van der Waals surface area contributed by atoms with E-state index in [1.807, 2.05) is 30.3 Å². The van der Waals surface area contributed by atoms with Crippen LogP contribution in [0.4, 0.5) is 5.69 Å². The van der Waals surface area contributed by atoms with E-state index in [-0.39, 0.29) is 22.1 Å². The standard InChI is InChI=1S/C29H37N3O4S2/c1-29(2,3)38(4,5)18-36-20-13-14-22(31-28(35)25-16-19-10-6-7-12-24(19)37-25)21(17-20)26(33)32-23-11-8-9-15-30-27(23)34/h6-7,10,12-14,16-17,23H,8-9,11,15,18H2,1-5H3,(H,30,34)(H,31,35)(H,32,33). The number of ether oxygens (including phenoxy) is 1. The zero-order valence-corrected chi connectivity index (χ0v) is 24.3. The highest BCUT2D eigenvalue weighted by molar-refractivity contribution is 8.33. The van der Waals surface area contributed by atoms with Crippen LogP contribution in [0.1, 0.15) is 60.1 Å². The molecule has 38 heavy (non-hydrogen) atoms. The van der Waals surface area contributed by atoms with E-state index in [0.29, 0.717) is 35.2 Å². The van der Waals surface area contributed by atoms with E-state index in [9.17, 15) is 14.4 Å².